The highest BCUT2D eigenvalue weighted by Crippen LogP contribution is 2.29. The highest BCUT2D eigenvalue weighted by Gasteiger charge is 2.30. The highest BCUT2D eigenvalue weighted by atomic mass is 16.5. The third kappa shape index (κ3) is 2.57. The number of aromatic nitrogens is 2. The average molecular weight is 221 g/mol. The van der Waals surface area contributed by atoms with Crippen LogP contribution in [-0.4, -0.2) is 28.7 Å². The molecule has 0 radical (unpaired) electrons. The molecule has 1 aromatic rings. The van der Waals surface area contributed by atoms with Gasteiger partial charge in [0, 0.05) is 18.0 Å². The van der Waals surface area contributed by atoms with Crippen LogP contribution in [0.25, 0.3) is 0 Å². The number of rotatable bonds is 4. The molecule has 4 heteroatoms. The summed E-state index contributed by atoms with van der Waals surface area (Å²) in [7, 11) is 0. The maximum Gasteiger partial charge on any atom is 0.115 e. The van der Waals surface area contributed by atoms with Gasteiger partial charge in [0.2, 0.25) is 0 Å². The van der Waals surface area contributed by atoms with E-state index in [0.717, 1.165) is 24.9 Å². The number of likely N-dealkylation sites (N-methyl/N-ethyl adjacent to an activating group) is 1. The van der Waals surface area contributed by atoms with Crippen molar-refractivity contribution in [3.8, 4) is 0 Å². The van der Waals surface area contributed by atoms with Crippen LogP contribution in [0.3, 0.4) is 0 Å². The molecule has 2 rings (SSSR count). The summed E-state index contributed by atoms with van der Waals surface area (Å²) >= 11 is 0. The van der Waals surface area contributed by atoms with Gasteiger partial charge in [-0.25, -0.2) is 9.97 Å². The Morgan fingerprint density at radius 3 is 2.75 bits per heavy atom. The maximum absolute atomic E-state index is 5.91. The van der Waals surface area contributed by atoms with Crippen molar-refractivity contribution in [1.82, 2.24) is 15.3 Å². The minimum atomic E-state index is 0.219. The predicted octanol–water partition coefficient (Wildman–Crippen LogP) is 1.69. The summed E-state index contributed by atoms with van der Waals surface area (Å²) in [4.78, 5) is 8.14. The van der Waals surface area contributed by atoms with E-state index in [9.17, 15) is 0 Å². The largest absolute Gasteiger partial charge is 0.373 e. The van der Waals surface area contributed by atoms with E-state index < -0.39 is 0 Å². The van der Waals surface area contributed by atoms with Crippen LogP contribution in [0.5, 0.6) is 0 Å². The molecule has 0 spiro atoms. The lowest BCUT2D eigenvalue weighted by Crippen LogP contribution is -2.32. The van der Waals surface area contributed by atoms with Gasteiger partial charge in [-0.1, -0.05) is 6.92 Å². The van der Waals surface area contributed by atoms with Crippen molar-refractivity contribution in [2.45, 2.75) is 44.9 Å². The van der Waals surface area contributed by atoms with E-state index in [4.69, 9.17) is 4.74 Å². The second-order valence-electron chi connectivity index (χ2n) is 4.27. The second-order valence-corrected chi connectivity index (χ2v) is 4.27. The zero-order valence-corrected chi connectivity index (χ0v) is 9.89. The van der Waals surface area contributed by atoms with Crippen LogP contribution in [0, 0.1) is 0 Å². The first-order valence-corrected chi connectivity index (χ1v) is 5.95. The molecular formula is C12H19N3O. The van der Waals surface area contributed by atoms with Gasteiger partial charge in [-0.3, -0.25) is 0 Å². The Balaban J connectivity index is 2.11. The van der Waals surface area contributed by atoms with Gasteiger partial charge in [-0.15, -0.1) is 0 Å². The van der Waals surface area contributed by atoms with E-state index in [1.54, 1.807) is 6.33 Å². The molecule has 16 heavy (non-hydrogen) atoms. The van der Waals surface area contributed by atoms with E-state index in [2.05, 4.69) is 29.1 Å². The molecule has 0 aliphatic carbocycles. The molecule has 1 aromatic heterocycles. The van der Waals surface area contributed by atoms with Crippen molar-refractivity contribution in [2.24, 2.45) is 0 Å². The SMILES string of the molecule is CCNC(c1cncnc1)C1CCC(C)O1. The summed E-state index contributed by atoms with van der Waals surface area (Å²) in [5, 5.41) is 3.46. The van der Waals surface area contributed by atoms with E-state index in [1.165, 1.54) is 0 Å². The van der Waals surface area contributed by atoms with Crippen molar-refractivity contribution in [3.05, 3.63) is 24.3 Å². The first kappa shape index (κ1) is 11.5. The van der Waals surface area contributed by atoms with Crippen LogP contribution in [0.2, 0.25) is 0 Å². The molecule has 88 valence electrons. The first-order chi connectivity index (χ1) is 7.81. The third-order valence-electron chi connectivity index (χ3n) is 3.00. The number of hydrogen-bond acceptors (Lipinski definition) is 4. The molecule has 3 atom stereocenters. The Kier molecular flexibility index (Phi) is 3.85. The van der Waals surface area contributed by atoms with Gasteiger partial charge in [0.05, 0.1) is 18.2 Å². The van der Waals surface area contributed by atoms with Gasteiger partial charge in [0.1, 0.15) is 6.33 Å². The smallest absolute Gasteiger partial charge is 0.115 e. The lowest BCUT2D eigenvalue weighted by molar-refractivity contribution is 0.0318. The zero-order valence-electron chi connectivity index (χ0n) is 9.89. The molecule has 1 aliphatic heterocycles. The van der Waals surface area contributed by atoms with Crippen LogP contribution in [0.4, 0.5) is 0 Å². The number of nitrogens with one attached hydrogen (secondary N) is 1. The third-order valence-corrected chi connectivity index (χ3v) is 3.00. The van der Waals surface area contributed by atoms with Crippen LogP contribution in [-0.2, 0) is 4.74 Å². The molecule has 3 unspecified atom stereocenters. The summed E-state index contributed by atoms with van der Waals surface area (Å²) in [5.74, 6) is 0. The molecule has 4 nitrogen and oxygen atoms in total. The normalized spacial score (nSPS) is 26.9. The van der Waals surface area contributed by atoms with Crippen LogP contribution < -0.4 is 5.32 Å². The molecule has 2 heterocycles. The summed E-state index contributed by atoms with van der Waals surface area (Å²) in [6, 6.07) is 0.219. The molecular weight excluding hydrogens is 202 g/mol. The van der Waals surface area contributed by atoms with Crippen LogP contribution in [0.15, 0.2) is 18.7 Å². The minimum Gasteiger partial charge on any atom is -0.373 e. The molecule has 1 aliphatic rings. The Bertz CT molecular complexity index is 317. The van der Waals surface area contributed by atoms with Crippen molar-refractivity contribution in [1.29, 1.82) is 0 Å². The summed E-state index contributed by atoms with van der Waals surface area (Å²) < 4.78 is 5.91. The molecule has 0 aromatic carbocycles. The van der Waals surface area contributed by atoms with Crippen molar-refractivity contribution >= 4 is 0 Å². The van der Waals surface area contributed by atoms with Crippen LogP contribution >= 0.6 is 0 Å². The minimum absolute atomic E-state index is 0.219. The standard InChI is InChI=1S/C12H19N3O/c1-3-15-12(10-6-13-8-14-7-10)11-5-4-9(2)16-11/h6-9,11-12,15H,3-5H2,1-2H3. The van der Waals surface area contributed by atoms with E-state index >= 15 is 0 Å². The quantitative estimate of drug-likeness (QED) is 0.840. The Labute approximate surface area is 96.4 Å². The first-order valence-electron chi connectivity index (χ1n) is 5.95. The number of ether oxygens (including phenoxy) is 1. The lowest BCUT2D eigenvalue weighted by atomic mass is 10.0. The summed E-state index contributed by atoms with van der Waals surface area (Å²) in [6.07, 6.45) is 8.16. The molecule has 0 amide bonds. The lowest BCUT2D eigenvalue weighted by Gasteiger charge is -2.24. The van der Waals surface area contributed by atoms with E-state index in [1.807, 2.05) is 12.4 Å². The molecule has 0 bridgehead atoms. The van der Waals surface area contributed by atoms with Gasteiger partial charge in [-0.2, -0.15) is 0 Å². The Morgan fingerprint density at radius 2 is 2.19 bits per heavy atom. The molecule has 0 saturated carbocycles. The monoisotopic (exact) mass is 221 g/mol. The Hall–Kier alpha value is -1.00. The van der Waals surface area contributed by atoms with E-state index in [0.29, 0.717) is 6.10 Å². The fourth-order valence-electron chi connectivity index (χ4n) is 2.23. The topological polar surface area (TPSA) is 47.0 Å². The second kappa shape index (κ2) is 5.37. The number of nitrogens with zero attached hydrogens (tertiary/aromatic N) is 2. The van der Waals surface area contributed by atoms with Crippen molar-refractivity contribution in [3.63, 3.8) is 0 Å². The summed E-state index contributed by atoms with van der Waals surface area (Å²) in [5.41, 5.74) is 1.11. The molecule has 1 fully saturated rings. The summed E-state index contributed by atoms with van der Waals surface area (Å²) in [6.45, 7) is 5.16. The zero-order chi connectivity index (χ0) is 11.4. The Morgan fingerprint density at radius 1 is 1.44 bits per heavy atom. The fourth-order valence-corrected chi connectivity index (χ4v) is 2.23. The average Bonchev–Trinajstić information content (AvgIpc) is 2.74. The van der Waals surface area contributed by atoms with Gasteiger partial charge in [-0.05, 0) is 26.3 Å². The van der Waals surface area contributed by atoms with E-state index in [-0.39, 0.29) is 12.1 Å². The fraction of sp³-hybridized carbons (Fsp3) is 0.667. The van der Waals surface area contributed by atoms with Gasteiger partial charge >= 0.3 is 0 Å². The van der Waals surface area contributed by atoms with Crippen LogP contribution in [0.1, 0.15) is 38.3 Å². The molecule has 1 saturated heterocycles. The maximum atomic E-state index is 5.91. The highest BCUT2D eigenvalue weighted by molar-refractivity contribution is 5.12. The molecule has 1 N–H and O–H groups in total. The van der Waals surface area contributed by atoms with Gasteiger partial charge < -0.3 is 10.1 Å². The predicted molar refractivity (Wildman–Crippen MR) is 62.0 cm³/mol. The van der Waals surface area contributed by atoms with Crippen molar-refractivity contribution < 1.29 is 4.74 Å². The number of hydrogen-bond donors (Lipinski definition) is 1. The van der Waals surface area contributed by atoms with Gasteiger partial charge in [0.15, 0.2) is 0 Å². The van der Waals surface area contributed by atoms with Crippen molar-refractivity contribution in [2.75, 3.05) is 6.54 Å². The van der Waals surface area contributed by atoms with Gasteiger partial charge in [0.25, 0.3) is 0 Å².